The Labute approximate surface area is 271 Å². The number of nitrogens with zero attached hydrogens (tertiary/aromatic N) is 9. The smallest absolute Gasteiger partial charge is 0.254 e. The molecule has 2 aliphatic heterocycles. The molecule has 0 unspecified atom stereocenters. The Morgan fingerprint density at radius 1 is 1.02 bits per heavy atom. The van der Waals surface area contributed by atoms with Crippen molar-refractivity contribution in [1.82, 2.24) is 34.0 Å². The number of pyridine rings is 1. The lowest BCUT2D eigenvalue weighted by molar-refractivity contribution is 0.0700. The molecule has 2 saturated carbocycles. The lowest BCUT2D eigenvalue weighted by atomic mass is 9.99. The molecule has 0 spiro atoms. The van der Waals surface area contributed by atoms with E-state index in [1.54, 1.807) is 19.5 Å². The van der Waals surface area contributed by atoms with Crippen molar-refractivity contribution in [2.24, 2.45) is 23.5 Å². The molecule has 12 heteroatoms. The van der Waals surface area contributed by atoms with Gasteiger partial charge in [-0.15, -0.1) is 0 Å². The zero-order valence-corrected chi connectivity index (χ0v) is 26.3. The van der Waals surface area contributed by atoms with Crippen LogP contribution in [-0.2, 0) is 13.1 Å². The Morgan fingerprint density at radius 3 is 2.53 bits per heavy atom. The SMILES string of the molecule is COc1cc(C(=O)N2C[C@H]3CC[C@@H]2[C@@H]3N)cc2nc(-c3cc4cccnc4n3CC3CC3)n(CC3CN(c4cnc(C#N)nc4)C3)c12. The highest BCUT2D eigenvalue weighted by Crippen LogP contribution is 2.41. The second kappa shape index (κ2) is 10.8. The van der Waals surface area contributed by atoms with Crippen molar-refractivity contribution >= 4 is 33.7 Å². The van der Waals surface area contributed by atoms with Gasteiger partial charge >= 0.3 is 0 Å². The number of likely N-dealkylation sites (tertiary alicyclic amines) is 1. The third-order valence-electron chi connectivity index (χ3n) is 10.7. The summed E-state index contributed by atoms with van der Waals surface area (Å²) < 4.78 is 10.6. The van der Waals surface area contributed by atoms with E-state index < -0.39 is 0 Å². The molecular formula is C35H36N10O2. The number of amides is 1. The van der Waals surface area contributed by atoms with Gasteiger partial charge in [-0.2, -0.15) is 5.26 Å². The van der Waals surface area contributed by atoms with E-state index in [-0.39, 0.29) is 23.8 Å². The number of piperidine rings is 1. The molecule has 0 radical (unpaired) electrons. The molecule has 5 aromatic rings. The molecule has 4 fully saturated rings. The van der Waals surface area contributed by atoms with Gasteiger partial charge in [-0.05, 0) is 67.9 Å². The van der Waals surface area contributed by atoms with Crippen LogP contribution in [0.4, 0.5) is 5.69 Å². The Bertz CT molecular complexity index is 2070. The molecule has 4 aromatic heterocycles. The van der Waals surface area contributed by atoms with Gasteiger partial charge in [-0.3, -0.25) is 4.79 Å². The maximum Gasteiger partial charge on any atom is 0.254 e. The minimum atomic E-state index is -0.00438. The third kappa shape index (κ3) is 4.63. The maximum atomic E-state index is 13.9. The number of benzene rings is 1. The standard InChI is InChI=1S/C35H36N10O2/c1-47-29-11-24(35(46)44-19-23-6-7-27(44)31(23)37)9-26-32(29)45(18-21-15-42(16-21)25-13-39-30(12-36)40-14-25)34(41-26)28-10-22-3-2-8-38-33(22)43(28)17-20-4-5-20/h2-3,8-11,13-14,20-21,23,27,31H,4-7,15-19,37H2,1H3/t23-,27-,31-/m1/s1. The van der Waals surface area contributed by atoms with Gasteiger partial charge in [-0.25, -0.2) is 19.9 Å². The highest BCUT2D eigenvalue weighted by molar-refractivity contribution is 6.00. The first kappa shape index (κ1) is 28.2. The highest BCUT2D eigenvalue weighted by atomic mass is 16.5. The van der Waals surface area contributed by atoms with E-state index in [0.717, 1.165) is 71.7 Å². The van der Waals surface area contributed by atoms with Gasteiger partial charge in [0.1, 0.15) is 23.0 Å². The van der Waals surface area contributed by atoms with E-state index in [4.69, 9.17) is 25.7 Å². The number of nitrogens with two attached hydrogens (primary N) is 1. The summed E-state index contributed by atoms with van der Waals surface area (Å²) >= 11 is 0. The third-order valence-corrected chi connectivity index (χ3v) is 10.7. The Balaban J connectivity index is 1.13. The molecule has 12 nitrogen and oxygen atoms in total. The molecular weight excluding hydrogens is 592 g/mol. The summed E-state index contributed by atoms with van der Waals surface area (Å²) in [4.78, 5) is 36.5. The predicted molar refractivity (Wildman–Crippen MR) is 176 cm³/mol. The molecule has 2 bridgehead atoms. The molecule has 2 saturated heterocycles. The number of imidazole rings is 1. The minimum Gasteiger partial charge on any atom is -0.494 e. The largest absolute Gasteiger partial charge is 0.494 e. The number of ether oxygens (including phenoxy) is 1. The van der Waals surface area contributed by atoms with Crippen molar-refractivity contribution in [3.63, 3.8) is 0 Å². The van der Waals surface area contributed by atoms with Crippen LogP contribution in [0.25, 0.3) is 33.6 Å². The molecule has 1 aromatic carbocycles. The Kier molecular flexibility index (Phi) is 6.47. The van der Waals surface area contributed by atoms with Crippen LogP contribution < -0.4 is 15.4 Å². The fraction of sp³-hybridized carbons (Fsp3) is 0.429. The van der Waals surface area contributed by atoms with Crippen LogP contribution in [0.3, 0.4) is 0 Å². The van der Waals surface area contributed by atoms with Gasteiger partial charge in [-0.1, -0.05) is 0 Å². The summed E-state index contributed by atoms with van der Waals surface area (Å²) in [6.45, 7) is 3.95. The van der Waals surface area contributed by atoms with E-state index in [2.05, 4.69) is 36.1 Å². The van der Waals surface area contributed by atoms with Gasteiger partial charge in [0, 0.05) is 67.9 Å². The number of carbonyl (C=O) groups is 1. The van der Waals surface area contributed by atoms with Crippen molar-refractivity contribution in [3.05, 3.63) is 60.3 Å². The molecule has 6 heterocycles. The lowest BCUT2D eigenvalue weighted by Crippen LogP contribution is -2.48. The van der Waals surface area contributed by atoms with Crippen molar-refractivity contribution in [2.45, 2.75) is 50.9 Å². The predicted octanol–water partition coefficient (Wildman–Crippen LogP) is 3.83. The average Bonchev–Trinajstić information content (AvgIpc) is 3.44. The van der Waals surface area contributed by atoms with Crippen LogP contribution in [0.15, 0.2) is 48.9 Å². The zero-order valence-electron chi connectivity index (χ0n) is 26.3. The molecule has 1 amide bonds. The van der Waals surface area contributed by atoms with Crippen LogP contribution in [0.5, 0.6) is 5.75 Å². The molecule has 3 atom stereocenters. The quantitative estimate of drug-likeness (QED) is 0.271. The van der Waals surface area contributed by atoms with Crippen LogP contribution in [0, 0.1) is 29.1 Å². The number of hydrogen-bond acceptors (Lipinski definition) is 9. The van der Waals surface area contributed by atoms with Crippen molar-refractivity contribution in [1.29, 1.82) is 5.26 Å². The molecule has 2 aliphatic carbocycles. The second-order valence-corrected chi connectivity index (χ2v) is 13.7. The van der Waals surface area contributed by atoms with E-state index in [9.17, 15) is 4.79 Å². The first-order chi connectivity index (χ1) is 23.0. The van der Waals surface area contributed by atoms with Gasteiger partial charge in [0.05, 0.1) is 36.4 Å². The number of aromatic nitrogens is 6. The normalized spacial score (nSPS) is 22.3. The summed E-state index contributed by atoms with van der Waals surface area (Å²) in [5, 5.41) is 10.2. The fourth-order valence-electron chi connectivity index (χ4n) is 8.04. The van der Waals surface area contributed by atoms with Crippen LogP contribution in [-0.4, -0.2) is 78.7 Å². The lowest BCUT2D eigenvalue weighted by Gasteiger charge is -2.41. The monoisotopic (exact) mass is 628 g/mol. The number of hydrogen-bond donors (Lipinski definition) is 1. The Hall–Kier alpha value is -5.02. The van der Waals surface area contributed by atoms with E-state index >= 15 is 0 Å². The van der Waals surface area contributed by atoms with E-state index in [1.165, 1.54) is 12.8 Å². The molecule has 9 rings (SSSR count). The summed E-state index contributed by atoms with van der Waals surface area (Å²) in [6.07, 6.45) is 9.77. The number of nitriles is 1. The van der Waals surface area contributed by atoms with Gasteiger partial charge in [0.25, 0.3) is 5.91 Å². The first-order valence-corrected chi connectivity index (χ1v) is 16.6. The first-order valence-electron chi connectivity index (χ1n) is 16.6. The van der Waals surface area contributed by atoms with E-state index in [0.29, 0.717) is 42.2 Å². The van der Waals surface area contributed by atoms with Crippen molar-refractivity contribution < 1.29 is 9.53 Å². The number of fused-ring (bicyclic) bond motifs is 4. The molecule has 2 N–H and O–H groups in total. The van der Waals surface area contributed by atoms with Crippen LogP contribution in [0.2, 0.25) is 0 Å². The van der Waals surface area contributed by atoms with Crippen LogP contribution in [0.1, 0.15) is 41.9 Å². The van der Waals surface area contributed by atoms with Crippen LogP contribution >= 0.6 is 0 Å². The van der Waals surface area contributed by atoms with Crippen molar-refractivity contribution in [2.75, 3.05) is 31.6 Å². The zero-order chi connectivity index (χ0) is 31.8. The van der Waals surface area contributed by atoms with E-state index in [1.807, 2.05) is 35.4 Å². The number of carbonyl (C=O) groups excluding carboxylic acids is 1. The molecule has 238 valence electrons. The van der Waals surface area contributed by atoms with Crippen molar-refractivity contribution in [3.8, 4) is 23.3 Å². The maximum absolute atomic E-state index is 13.9. The molecule has 4 aliphatic rings. The average molecular weight is 629 g/mol. The summed E-state index contributed by atoms with van der Waals surface area (Å²) in [5.74, 6) is 2.99. The second-order valence-electron chi connectivity index (χ2n) is 13.7. The van der Waals surface area contributed by atoms with Gasteiger partial charge in [0.15, 0.2) is 5.82 Å². The number of methoxy groups -OCH3 is 1. The molecule has 47 heavy (non-hydrogen) atoms. The van der Waals surface area contributed by atoms with Gasteiger partial charge in [0.2, 0.25) is 5.82 Å². The fourth-order valence-corrected chi connectivity index (χ4v) is 8.04. The summed E-state index contributed by atoms with van der Waals surface area (Å²) in [5.41, 5.74) is 11.6. The summed E-state index contributed by atoms with van der Waals surface area (Å²) in [7, 11) is 1.66. The summed E-state index contributed by atoms with van der Waals surface area (Å²) in [6, 6.07) is 12.2. The number of anilines is 1. The highest BCUT2D eigenvalue weighted by Gasteiger charge is 2.47. The minimum absolute atomic E-state index is 0.00438. The Morgan fingerprint density at radius 2 is 1.83 bits per heavy atom. The number of rotatable bonds is 8. The topological polar surface area (TPSA) is 144 Å². The van der Waals surface area contributed by atoms with Gasteiger partial charge < -0.3 is 29.4 Å².